The molecule has 6 heteroatoms. The van der Waals surface area contributed by atoms with Gasteiger partial charge in [-0.1, -0.05) is 0 Å². The highest BCUT2D eigenvalue weighted by Crippen LogP contribution is 2.30. The average Bonchev–Trinajstić information content (AvgIpc) is 2.08. The van der Waals surface area contributed by atoms with Crippen LogP contribution in [0.5, 0.6) is 0 Å². The Balaban J connectivity index is 3.43. The predicted molar refractivity (Wildman–Crippen MR) is 41.6 cm³/mol. The van der Waals surface area contributed by atoms with Gasteiger partial charge in [-0.3, -0.25) is 0 Å². The molecule has 1 aromatic rings. The predicted octanol–water partition coefficient (Wildman–Crippen LogP) is 2.79. The van der Waals surface area contributed by atoms with Gasteiger partial charge < -0.3 is 0 Å². The number of rotatable bonds is 1. The summed E-state index contributed by atoms with van der Waals surface area (Å²) in [5.41, 5.74) is -1.18. The van der Waals surface area contributed by atoms with Crippen LogP contribution < -0.4 is 0 Å². The van der Waals surface area contributed by atoms with E-state index in [1.807, 2.05) is 0 Å². The second kappa shape index (κ2) is 3.75. The second-order valence-corrected chi connectivity index (χ2v) is 2.89. The summed E-state index contributed by atoms with van der Waals surface area (Å²) in [5, 5.41) is 8.39. The fourth-order valence-electron chi connectivity index (χ4n) is 0.768. The molecule has 0 amide bonds. The van der Waals surface area contributed by atoms with Crippen LogP contribution >= 0.6 is 15.9 Å². The van der Waals surface area contributed by atoms with Gasteiger partial charge in [-0.2, -0.15) is 5.26 Å². The van der Waals surface area contributed by atoms with Gasteiger partial charge in [0.15, 0.2) is 11.5 Å². The van der Waals surface area contributed by atoms with E-state index >= 15 is 0 Å². The lowest BCUT2D eigenvalue weighted by molar-refractivity contribution is 0.149. The van der Waals surface area contributed by atoms with Crippen LogP contribution in [-0.2, 0) is 0 Å². The van der Waals surface area contributed by atoms with Crippen LogP contribution in [0.4, 0.5) is 13.2 Å². The first kappa shape index (κ1) is 9.99. The van der Waals surface area contributed by atoms with E-state index in [0.29, 0.717) is 6.20 Å². The molecule has 0 radical (unpaired) electrons. The van der Waals surface area contributed by atoms with E-state index in [-0.39, 0.29) is 0 Å². The summed E-state index contributed by atoms with van der Waals surface area (Å²) in [6.45, 7) is 0. The molecule has 0 aliphatic heterocycles. The minimum absolute atomic E-state index is 0.408. The maximum Gasteiger partial charge on any atom is 0.267 e. The number of hydrogen-bond acceptors (Lipinski definition) is 2. The van der Waals surface area contributed by atoms with Crippen LogP contribution in [-0.4, -0.2) is 4.98 Å². The first-order chi connectivity index (χ1) is 6.07. The summed E-state index contributed by atoms with van der Waals surface area (Å²) in [5.74, 6) is -0.908. The SMILES string of the molecule is N#Cc1ncc(F)c(Br)c1C(F)F. The molecule has 0 aliphatic rings. The Hall–Kier alpha value is -1.09. The third-order valence-corrected chi connectivity index (χ3v) is 2.14. The lowest BCUT2D eigenvalue weighted by atomic mass is 10.2. The van der Waals surface area contributed by atoms with Crippen molar-refractivity contribution in [3.63, 3.8) is 0 Å². The fourth-order valence-corrected chi connectivity index (χ4v) is 1.23. The number of aromatic nitrogens is 1. The molecule has 0 aromatic carbocycles. The molecule has 0 atom stereocenters. The minimum atomic E-state index is -2.92. The molecule has 0 saturated carbocycles. The Bertz CT molecular complexity index is 373. The molecule has 13 heavy (non-hydrogen) atoms. The van der Waals surface area contributed by atoms with E-state index in [4.69, 9.17) is 5.26 Å². The fraction of sp³-hybridized carbons (Fsp3) is 0.143. The lowest BCUT2D eigenvalue weighted by Gasteiger charge is -2.04. The van der Waals surface area contributed by atoms with E-state index in [9.17, 15) is 13.2 Å². The molecular weight excluding hydrogens is 249 g/mol. The maximum atomic E-state index is 12.7. The van der Waals surface area contributed by atoms with Crippen LogP contribution in [0.2, 0.25) is 0 Å². The van der Waals surface area contributed by atoms with Gasteiger partial charge in [-0.25, -0.2) is 18.2 Å². The molecule has 1 rings (SSSR count). The molecule has 1 heterocycles. The highest BCUT2D eigenvalue weighted by Gasteiger charge is 2.20. The van der Waals surface area contributed by atoms with Gasteiger partial charge in [0.1, 0.15) is 6.07 Å². The number of hydrogen-bond donors (Lipinski definition) is 0. The van der Waals surface area contributed by atoms with Gasteiger partial charge >= 0.3 is 0 Å². The van der Waals surface area contributed by atoms with Crippen molar-refractivity contribution in [2.24, 2.45) is 0 Å². The lowest BCUT2D eigenvalue weighted by Crippen LogP contribution is -1.98. The Morgan fingerprint density at radius 1 is 1.54 bits per heavy atom. The van der Waals surface area contributed by atoms with Crippen LogP contribution in [0.25, 0.3) is 0 Å². The summed E-state index contributed by atoms with van der Waals surface area (Å²) in [6, 6.07) is 1.46. The van der Waals surface area contributed by atoms with Crippen molar-refractivity contribution in [1.82, 2.24) is 4.98 Å². The van der Waals surface area contributed by atoms with Crippen molar-refractivity contribution < 1.29 is 13.2 Å². The van der Waals surface area contributed by atoms with Gasteiger partial charge in [-0.15, -0.1) is 0 Å². The maximum absolute atomic E-state index is 12.7. The van der Waals surface area contributed by atoms with Crippen molar-refractivity contribution >= 4 is 15.9 Å². The zero-order chi connectivity index (χ0) is 10.0. The van der Waals surface area contributed by atoms with Crippen LogP contribution in [0, 0.1) is 17.1 Å². The molecule has 0 aliphatic carbocycles. The van der Waals surface area contributed by atoms with Gasteiger partial charge in [0, 0.05) is 0 Å². The van der Waals surface area contributed by atoms with E-state index in [1.54, 1.807) is 0 Å². The quantitative estimate of drug-likeness (QED) is 0.769. The van der Waals surface area contributed by atoms with Crippen LogP contribution in [0.3, 0.4) is 0 Å². The summed E-state index contributed by atoms with van der Waals surface area (Å²) in [7, 11) is 0. The number of nitriles is 1. The van der Waals surface area contributed by atoms with Crippen molar-refractivity contribution in [1.29, 1.82) is 5.26 Å². The van der Waals surface area contributed by atoms with Crippen molar-refractivity contribution in [2.75, 3.05) is 0 Å². The molecule has 1 aromatic heterocycles. The van der Waals surface area contributed by atoms with Crippen molar-refractivity contribution in [3.8, 4) is 6.07 Å². The number of halogens is 4. The van der Waals surface area contributed by atoms with Gasteiger partial charge in [0.05, 0.1) is 16.2 Å². The number of alkyl halides is 2. The first-order valence-corrected chi connectivity index (χ1v) is 3.89. The van der Waals surface area contributed by atoms with E-state index in [0.717, 1.165) is 0 Å². The Morgan fingerprint density at radius 2 is 2.15 bits per heavy atom. The van der Waals surface area contributed by atoms with E-state index in [2.05, 4.69) is 20.9 Å². The van der Waals surface area contributed by atoms with Crippen molar-refractivity contribution in [2.45, 2.75) is 6.43 Å². The third-order valence-electron chi connectivity index (χ3n) is 1.33. The van der Waals surface area contributed by atoms with Gasteiger partial charge in [0.2, 0.25) is 0 Å². The largest absolute Gasteiger partial charge is 0.267 e. The number of pyridine rings is 1. The monoisotopic (exact) mass is 250 g/mol. The van der Waals surface area contributed by atoms with Gasteiger partial charge in [0.25, 0.3) is 6.43 Å². The highest BCUT2D eigenvalue weighted by atomic mass is 79.9. The molecule has 0 unspecified atom stereocenters. The molecule has 2 nitrogen and oxygen atoms in total. The second-order valence-electron chi connectivity index (χ2n) is 2.09. The molecule has 0 saturated heterocycles. The highest BCUT2D eigenvalue weighted by molar-refractivity contribution is 9.10. The standard InChI is InChI=1S/C7H2BrF3N2/c8-6-3(9)2-13-4(1-12)5(6)7(10)11/h2,7H. The summed E-state index contributed by atoms with van der Waals surface area (Å²) < 4.78 is 36.8. The van der Waals surface area contributed by atoms with Gasteiger partial charge in [-0.05, 0) is 15.9 Å². The smallest absolute Gasteiger partial charge is 0.242 e. The number of nitrogens with zero attached hydrogens (tertiary/aromatic N) is 2. The summed E-state index contributed by atoms with van der Waals surface area (Å²) in [6.07, 6.45) is -2.21. The van der Waals surface area contributed by atoms with Crippen LogP contribution in [0.15, 0.2) is 10.7 Å². The van der Waals surface area contributed by atoms with E-state index < -0.39 is 28.0 Å². The third kappa shape index (κ3) is 1.80. The summed E-state index contributed by atoms with van der Waals surface area (Å²) >= 11 is 2.63. The molecule has 0 bridgehead atoms. The zero-order valence-electron chi connectivity index (χ0n) is 6.06. The first-order valence-electron chi connectivity index (χ1n) is 3.10. The Labute approximate surface area is 80.1 Å². The normalized spacial score (nSPS) is 10.2. The molecule has 0 fully saturated rings. The van der Waals surface area contributed by atoms with Crippen LogP contribution in [0.1, 0.15) is 17.7 Å². The molecule has 0 N–H and O–H groups in total. The zero-order valence-corrected chi connectivity index (χ0v) is 7.65. The minimum Gasteiger partial charge on any atom is -0.242 e. The average molecular weight is 251 g/mol. The molecule has 68 valence electrons. The Kier molecular flexibility index (Phi) is 2.88. The summed E-state index contributed by atoms with van der Waals surface area (Å²) in [4.78, 5) is 3.23. The van der Waals surface area contributed by atoms with Crippen molar-refractivity contribution in [3.05, 3.63) is 27.7 Å². The molecular formula is C7H2BrF3N2. The topological polar surface area (TPSA) is 36.7 Å². The molecule has 0 spiro atoms. The van der Waals surface area contributed by atoms with E-state index in [1.165, 1.54) is 6.07 Å². The Morgan fingerprint density at radius 3 is 2.62 bits per heavy atom.